The van der Waals surface area contributed by atoms with E-state index in [0.29, 0.717) is 32.8 Å². The number of hydrazone groups is 1. The SMILES string of the molecule is COc1ccc(C(=O)N/N=C/c2cc(Br)cc(Br)c2OCC(N)=O)cc1OC. The van der Waals surface area contributed by atoms with Crippen LogP contribution in [0.4, 0.5) is 0 Å². The van der Waals surface area contributed by atoms with Gasteiger partial charge < -0.3 is 19.9 Å². The van der Waals surface area contributed by atoms with Crippen molar-refractivity contribution in [3.63, 3.8) is 0 Å². The Morgan fingerprint density at radius 1 is 1.14 bits per heavy atom. The molecule has 0 aromatic heterocycles. The highest BCUT2D eigenvalue weighted by Gasteiger charge is 2.12. The highest BCUT2D eigenvalue weighted by molar-refractivity contribution is 9.11. The molecule has 2 amide bonds. The third-order valence-corrected chi connectivity index (χ3v) is 4.46. The van der Waals surface area contributed by atoms with Gasteiger partial charge in [-0.1, -0.05) is 15.9 Å². The molecule has 28 heavy (non-hydrogen) atoms. The first kappa shape index (κ1) is 21.7. The van der Waals surface area contributed by atoms with Gasteiger partial charge in [0.1, 0.15) is 5.75 Å². The van der Waals surface area contributed by atoms with Crippen LogP contribution in [0.2, 0.25) is 0 Å². The molecule has 0 aliphatic rings. The molecule has 0 atom stereocenters. The zero-order valence-electron chi connectivity index (χ0n) is 15.0. The first-order valence-electron chi connectivity index (χ1n) is 7.81. The number of nitrogens with one attached hydrogen (secondary N) is 1. The van der Waals surface area contributed by atoms with Crippen LogP contribution in [0.5, 0.6) is 17.2 Å². The van der Waals surface area contributed by atoms with Crippen LogP contribution in [0.3, 0.4) is 0 Å². The molecular formula is C18H17Br2N3O5. The number of halogens is 2. The quantitative estimate of drug-likeness (QED) is 0.415. The Labute approximate surface area is 178 Å². The van der Waals surface area contributed by atoms with Gasteiger partial charge in [0, 0.05) is 15.6 Å². The molecule has 0 spiro atoms. The molecule has 10 heteroatoms. The zero-order valence-corrected chi connectivity index (χ0v) is 18.2. The van der Waals surface area contributed by atoms with Gasteiger partial charge in [0.2, 0.25) is 0 Å². The number of hydrogen-bond acceptors (Lipinski definition) is 6. The third-order valence-electron chi connectivity index (χ3n) is 3.41. The van der Waals surface area contributed by atoms with E-state index in [-0.39, 0.29) is 6.61 Å². The second kappa shape index (κ2) is 10.1. The Morgan fingerprint density at radius 3 is 2.50 bits per heavy atom. The minimum absolute atomic E-state index is 0.293. The number of ether oxygens (including phenoxy) is 3. The highest BCUT2D eigenvalue weighted by Crippen LogP contribution is 2.32. The van der Waals surface area contributed by atoms with Crippen LogP contribution >= 0.6 is 31.9 Å². The van der Waals surface area contributed by atoms with Crippen molar-refractivity contribution in [2.24, 2.45) is 10.8 Å². The Hall–Kier alpha value is -2.59. The number of amides is 2. The molecule has 0 bridgehead atoms. The molecule has 0 heterocycles. The fraction of sp³-hybridized carbons (Fsp3) is 0.167. The summed E-state index contributed by atoms with van der Waals surface area (Å²) in [6, 6.07) is 8.21. The molecule has 0 saturated heterocycles. The van der Waals surface area contributed by atoms with Crippen molar-refractivity contribution in [1.29, 1.82) is 0 Å². The van der Waals surface area contributed by atoms with Crippen LogP contribution in [0.1, 0.15) is 15.9 Å². The smallest absolute Gasteiger partial charge is 0.271 e. The minimum atomic E-state index is -0.612. The Bertz CT molecular complexity index is 918. The van der Waals surface area contributed by atoms with Crippen molar-refractivity contribution in [1.82, 2.24) is 5.43 Å². The number of benzene rings is 2. The van der Waals surface area contributed by atoms with E-state index in [1.54, 1.807) is 30.3 Å². The number of rotatable bonds is 8. The molecule has 2 aromatic rings. The number of primary amides is 1. The largest absolute Gasteiger partial charge is 0.493 e. The maximum absolute atomic E-state index is 12.3. The lowest BCUT2D eigenvalue weighted by Crippen LogP contribution is -2.21. The summed E-state index contributed by atoms with van der Waals surface area (Å²) in [7, 11) is 2.99. The zero-order chi connectivity index (χ0) is 20.7. The van der Waals surface area contributed by atoms with Gasteiger partial charge in [0.15, 0.2) is 18.1 Å². The third kappa shape index (κ3) is 5.70. The summed E-state index contributed by atoms with van der Waals surface area (Å²) in [5, 5.41) is 3.95. The van der Waals surface area contributed by atoms with Crippen molar-refractivity contribution >= 4 is 49.9 Å². The minimum Gasteiger partial charge on any atom is -0.493 e. The van der Waals surface area contributed by atoms with Gasteiger partial charge in [-0.25, -0.2) is 5.43 Å². The molecule has 2 aromatic carbocycles. The summed E-state index contributed by atoms with van der Waals surface area (Å²) in [6.07, 6.45) is 1.39. The van der Waals surface area contributed by atoms with Crippen molar-refractivity contribution in [2.45, 2.75) is 0 Å². The van der Waals surface area contributed by atoms with E-state index in [9.17, 15) is 9.59 Å². The van der Waals surface area contributed by atoms with E-state index in [2.05, 4.69) is 42.4 Å². The van der Waals surface area contributed by atoms with Crippen molar-refractivity contribution in [3.8, 4) is 17.2 Å². The summed E-state index contributed by atoms with van der Waals surface area (Å²) >= 11 is 6.72. The molecule has 0 saturated carbocycles. The first-order chi connectivity index (χ1) is 13.3. The van der Waals surface area contributed by atoms with Crippen LogP contribution in [0.15, 0.2) is 44.4 Å². The number of nitrogens with two attached hydrogens (primary N) is 1. The van der Waals surface area contributed by atoms with Gasteiger partial charge in [-0.05, 0) is 46.3 Å². The van der Waals surface area contributed by atoms with E-state index < -0.39 is 11.8 Å². The average Bonchev–Trinajstić information content (AvgIpc) is 2.66. The van der Waals surface area contributed by atoms with Crippen LogP contribution in [-0.2, 0) is 4.79 Å². The monoisotopic (exact) mass is 513 g/mol. The van der Waals surface area contributed by atoms with Gasteiger partial charge in [0.25, 0.3) is 11.8 Å². The molecule has 8 nitrogen and oxygen atoms in total. The van der Waals surface area contributed by atoms with Gasteiger partial charge in [-0.15, -0.1) is 0 Å². The van der Waals surface area contributed by atoms with E-state index in [4.69, 9.17) is 19.9 Å². The van der Waals surface area contributed by atoms with Gasteiger partial charge in [0.05, 0.1) is 24.9 Å². The van der Waals surface area contributed by atoms with E-state index >= 15 is 0 Å². The van der Waals surface area contributed by atoms with Crippen molar-refractivity contribution < 1.29 is 23.8 Å². The van der Waals surface area contributed by atoms with Crippen LogP contribution in [0, 0.1) is 0 Å². The predicted octanol–water partition coefficient (Wildman–Crippen LogP) is 2.86. The molecule has 0 radical (unpaired) electrons. The second-order valence-corrected chi connectivity index (χ2v) is 7.10. The summed E-state index contributed by atoms with van der Waals surface area (Å²) in [6.45, 7) is -0.293. The van der Waals surface area contributed by atoms with Crippen LogP contribution in [-0.4, -0.2) is 38.9 Å². The molecule has 148 valence electrons. The fourth-order valence-electron chi connectivity index (χ4n) is 2.17. The second-order valence-electron chi connectivity index (χ2n) is 5.33. The first-order valence-corrected chi connectivity index (χ1v) is 9.40. The van der Waals surface area contributed by atoms with Gasteiger partial charge in [-0.2, -0.15) is 5.10 Å². The maximum atomic E-state index is 12.3. The summed E-state index contributed by atoms with van der Waals surface area (Å²) in [4.78, 5) is 23.3. The van der Waals surface area contributed by atoms with Crippen molar-refractivity contribution in [3.05, 3.63) is 50.4 Å². The van der Waals surface area contributed by atoms with Crippen LogP contribution < -0.4 is 25.4 Å². The molecule has 0 aliphatic heterocycles. The van der Waals surface area contributed by atoms with E-state index in [0.717, 1.165) is 4.47 Å². The Kier molecular flexibility index (Phi) is 7.82. The summed E-state index contributed by atoms with van der Waals surface area (Å²) < 4.78 is 17.1. The maximum Gasteiger partial charge on any atom is 0.271 e. The Morgan fingerprint density at radius 2 is 1.86 bits per heavy atom. The average molecular weight is 515 g/mol. The number of carbonyl (C=O) groups excluding carboxylic acids is 2. The lowest BCUT2D eigenvalue weighted by molar-refractivity contribution is -0.119. The number of methoxy groups -OCH3 is 2. The molecular weight excluding hydrogens is 498 g/mol. The van der Waals surface area contributed by atoms with Crippen LogP contribution in [0.25, 0.3) is 0 Å². The normalized spacial score (nSPS) is 10.6. The van der Waals surface area contributed by atoms with Crippen molar-refractivity contribution in [2.75, 3.05) is 20.8 Å². The fourth-order valence-corrected chi connectivity index (χ4v) is 3.55. The number of hydrogen-bond donors (Lipinski definition) is 2. The lowest BCUT2D eigenvalue weighted by Gasteiger charge is -2.10. The van der Waals surface area contributed by atoms with Gasteiger partial charge in [-0.3, -0.25) is 9.59 Å². The Balaban J connectivity index is 2.18. The lowest BCUT2D eigenvalue weighted by atomic mass is 10.2. The topological polar surface area (TPSA) is 112 Å². The van der Waals surface area contributed by atoms with E-state index in [1.807, 2.05) is 0 Å². The highest BCUT2D eigenvalue weighted by atomic mass is 79.9. The standard InChI is InChI=1S/C18H17Br2N3O5/c1-26-14-4-3-10(6-15(14)27-2)18(25)23-22-8-11-5-12(19)7-13(20)17(11)28-9-16(21)24/h3-8H,9H2,1-2H3,(H2,21,24)(H,23,25)/b22-8+. The predicted molar refractivity (Wildman–Crippen MR) is 111 cm³/mol. The number of nitrogens with zero attached hydrogens (tertiary/aromatic N) is 1. The van der Waals surface area contributed by atoms with Gasteiger partial charge >= 0.3 is 0 Å². The molecule has 0 unspecified atom stereocenters. The molecule has 2 rings (SSSR count). The summed E-state index contributed by atoms with van der Waals surface area (Å²) in [5.74, 6) is 0.256. The van der Waals surface area contributed by atoms with E-state index in [1.165, 1.54) is 20.4 Å². The molecule has 0 fully saturated rings. The molecule has 0 aliphatic carbocycles. The summed E-state index contributed by atoms with van der Waals surface area (Å²) in [5.41, 5.74) is 8.41. The number of carbonyl (C=O) groups is 2. The molecule has 3 N–H and O–H groups in total.